The molecule has 0 unspecified atom stereocenters. The molecule has 0 amide bonds. The Labute approximate surface area is 411 Å². The largest absolute Gasteiger partial charge is 0.501 e. The van der Waals surface area contributed by atoms with Crippen molar-refractivity contribution in [2.75, 3.05) is 0 Å². The molecule has 5 nitrogen and oxygen atoms in total. The number of benzene rings is 7. The van der Waals surface area contributed by atoms with Gasteiger partial charge in [0.05, 0.1) is 39.3 Å². The number of para-hydroxylation sites is 6. The van der Waals surface area contributed by atoms with Crippen LogP contribution in [-0.2, 0) is 32.1 Å². The molecular weight excluding hydrogens is 1020 g/mol. The quantitative estimate of drug-likeness (QED) is 0.101. The van der Waals surface area contributed by atoms with Crippen molar-refractivity contribution in [3.8, 4) is 34.2 Å². The van der Waals surface area contributed by atoms with E-state index in [1.54, 1.807) is 0 Å². The summed E-state index contributed by atoms with van der Waals surface area (Å²) < 4.78 is 47.0. The second kappa shape index (κ2) is 18.9. The zero-order chi connectivity index (χ0) is 49.2. The predicted octanol–water partition coefficient (Wildman–Crippen LogP) is 16.0. The molecule has 0 fully saturated rings. The summed E-state index contributed by atoms with van der Waals surface area (Å²) in [6.07, 6.45) is 0. The van der Waals surface area contributed by atoms with Gasteiger partial charge in [0.25, 0.3) is 0 Å². The van der Waals surface area contributed by atoms with Crippen molar-refractivity contribution in [3.63, 3.8) is 0 Å². The number of aromatic nitrogens is 4. The van der Waals surface area contributed by atoms with E-state index in [1.807, 2.05) is 103 Å². The van der Waals surface area contributed by atoms with Gasteiger partial charge in [-0.2, -0.15) is 0 Å². The van der Waals surface area contributed by atoms with E-state index in [9.17, 15) is 0 Å². The Morgan fingerprint density at radius 3 is 1.80 bits per heavy atom. The molecule has 66 heavy (non-hydrogen) atoms. The molecule has 0 saturated carbocycles. The minimum absolute atomic E-state index is 0. The third-order valence-corrected chi connectivity index (χ3v) is 13.5. The number of furan rings is 1. The molecular formula is C58H60IrN4OSi2-2. The van der Waals surface area contributed by atoms with Crippen molar-refractivity contribution < 1.29 is 30.0 Å². The molecule has 0 saturated heterocycles. The summed E-state index contributed by atoms with van der Waals surface area (Å²) in [5.41, 5.74) is 12.7. The van der Waals surface area contributed by atoms with Gasteiger partial charge in [-0.1, -0.05) is 151 Å². The third kappa shape index (κ3) is 9.48. The maximum Gasteiger partial charge on any atom is 0.120 e. The van der Waals surface area contributed by atoms with Crippen molar-refractivity contribution >= 4 is 60.2 Å². The van der Waals surface area contributed by atoms with Gasteiger partial charge < -0.3 is 13.6 Å². The molecule has 3 aromatic heterocycles. The first-order chi connectivity index (χ1) is 32.7. The molecule has 0 aliphatic rings. The van der Waals surface area contributed by atoms with Gasteiger partial charge in [0.1, 0.15) is 5.58 Å². The SMILES string of the molecule is [2H]C([2H])(c1cc(C(C)C)c(-n2c(-c3[c-]cccc3)nc3ccccc32)c(C(C)C)c1)[Si](C)(C)C.[2H]C([2H])(c1ccccc1-n1c(-c2[c-]ccc3c2oc2ccccc23)nc2ccccc21)[Si](C)(C)C.[Ir]. The Bertz CT molecular complexity index is 3480. The minimum Gasteiger partial charge on any atom is -0.501 e. The average Bonchev–Trinajstić information content (AvgIpc) is 4.03. The van der Waals surface area contributed by atoms with Gasteiger partial charge in [-0.05, 0) is 82.5 Å². The summed E-state index contributed by atoms with van der Waals surface area (Å²) in [6.45, 7) is 21.3. The van der Waals surface area contributed by atoms with Crippen LogP contribution in [0.3, 0.4) is 0 Å². The molecule has 10 rings (SSSR count). The second-order valence-corrected chi connectivity index (χ2v) is 29.1. The number of nitrogens with zero attached hydrogens (tertiary/aromatic N) is 4. The van der Waals surface area contributed by atoms with Crippen molar-refractivity contribution in [2.24, 2.45) is 0 Å². The van der Waals surface area contributed by atoms with Crippen LogP contribution in [0.4, 0.5) is 0 Å². The molecule has 1 radical (unpaired) electrons. The zero-order valence-corrected chi connectivity index (χ0v) is 43.9. The van der Waals surface area contributed by atoms with Crippen LogP contribution in [0.2, 0.25) is 39.3 Å². The van der Waals surface area contributed by atoms with Gasteiger partial charge in [0.15, 0.2) is 0 Å². The molecule has 337 valence electrons. The molecule has 0 N–H and O–H groups in total. The maximum absolute atomic E-state index is 9.12. The predicted molar refractivity (Wildman–Crippen MR) is 280 cm³/mol. The number of imidazole rings is 2. The van der Waals surface area contributed by atoms with E-state index in [0.29, 0.717) is 11.4 Å². The first kappa shape index (κ1) is 41.8. The number of fused-ring (bicyclic) bond motifs is 5. The number of hydrogen-bond donors (Lipinski definition) is 0. The Hall–Kier alpha value is -5.64. The summed E-state index contributed by atoms with van der Waals surface area (Å²) in [5.74, 6) is -0.772. The minimum atomic E-state index is -2.23. The van der Waals surface area contributed by atoms with E-state index >= 15 is 0 Å². The fraction of sp³-hybridized carbons (Fsp3) is 0.241. The summed E-state index contributed by atoms with van der Waals surface area (Å²) >= 11 is 0. The molecule has 8 heteroatoms. The van der Waals surface area contributed by atoms with E-state index in [2.05, 4.69) is 131 Å². The molecule has 0 spiro atoms. The average molecular weight is 1080 g/mol. The topological polar surface area (TPSA) is 48.8 Å². The maximum atomic E-state index is 9.12. The summed E-state index contributed by atoms with van der Waals surface area (Å²) in [4.78, 5) is 10.1. The van der Waals surface area contributed by atoms with E-state index in [0.717, 1.165) is 89.0 Å². The standard InChI is InChI=1S/C29H25N2OSi.C29H35N2Si.Ir/c1-33(2,3)19-20-11-4-7-16-25(20)31-26-17-8-6-15-24(26)30-29(31)23-14-10-13-22-21-12-5-9-18-27(21)32-28(22)23;1-20(2)24-17-22(19-32(5,6)7)18-25(21(3)4)28(24)31-27-16-12-11-15-26(27)30-29(31)23-13-9-8-10-14-23;/h4-13,15-18H,19H2,1-3H3;8-13,15-18,20-21H,19H2,1-7H3;/q2*-1;/i2*19D2;. The third-order valence-electron chi connectivity index (χ3n) is 11.4. The molecule has 7 aromatic carbocycles. The van der Waals surface area contributed by atoms with Crippen molar-refractivity contribution in [1.29, 1.82) is 0 Å². The first-order valence-corrected chi connectivity index (χ1v) is 29.7. The van der Waals surface area contributed by atoms with Crippen LogP contribution in [0, 0.1) is 12.1 Å². The first-order valence-electron chi connectivity index (χ1n) is 24.7. The van der Waals surface area contributed by atoms with Crippen LogP contribution >= 0.6 is 0 Å². The Kier molecular flexibility index (Phi) is 12.0. The van der Waals surface area contributed by atoms with E-state index in [4.69, 9.17) is 19.9 Å². The fourth-order valence-corrected chi connectivity index (χ4v) is 10.8. The van der Waals surface area contributed by atoms with Crippen molar-refractivity contribution in [1.82, 2.24) is 19.1 Å². The van der Waals surface area contributed by atoms with E-state index < -0.39 is 28.1 Å². The number of rotatable bonds is 10. The van der Waals surface area contributed by atoms with Crippen LogP contribution < -0.4 is 0 Å². The summed E-state index contributed by atoms with van der Waals surface area (Å²) in [6, 6.07) is 55.0. The Balaban J connectivity index is 0.000000186. The van der Waals surface area contributed by atoms with Crippen LogP contribution in [0.5, 0.6) is 0 Å². The van der Waals surface area contributed by atoms with Crippen LogP contribution in [0.1, 0.15) is 67.3 Å². The van der Waals surface area contributed by atoms with Crippen molar-refractivity contribution in [3.05, 3.63) is 180 Å². The fourth-order valence-electron chi connectivity index (χ4n) is 8.76. The zero-order valence-electron chi connectivity index (χ0n) is 43.5. The molecule has 0 aliphatic heterocycles. The van der Waals surface area contributed by atoms with Crippen LogP contribution in [0.15, 0.2) is 150 Å². The number of hydrogen-bond acceptors (Lipinski definition) is 3. The smallest absolute Gasteiger partial charge is 0.120 e. The second-order valence-electron chi connectivity index (χ2n) is 19.6. The summed E-state index contributed by atoms with van der Waals surface area (Å²) in [7, 11) is -4.35. The molecule has 3 heterocycles. The molecule has 0 bridgehead atoms. The van der Waals surface area contributed by atoms with Crippen molar-refractivity contribution in [2.45, 2.75) is 90.8 Å². The van der Waals surface area contributed by atoms with Crippen LogP contribution in [-0.4, -0.2) is 35.2 Å². The van der Waals surface area contributed by atoms with Gasteiger partial charge in [-0.15, -0.1) is 54.1 Å². The van der Waals surface area contributed by atoms with Gasteiger partial charge >= 0.3 is 0 Å². The van der Waals surface area contributed by atoms with Gasteiger partial charge in [-0.3, -0.25) is 9.97 Å². The Morgan fingerprint density at radius 1 is 0.591 bits per heavy atom. The normalized spacial score (nSPS) is 13.4. The van der Waals surface area contributed by atoms with E-state index in [1.165, 1.54) is 0 Å². The van der Waals surface area contributed by atoms with Gasteiger partial charge in [-0.25, -0.2) is 0 Å². The molecule has 10 aromatic rings. The Morgan fingerprint density at radius 2 is 1.17 bits per heavy atom. The van der Waals surface area contributed by atoms with Gasteiger partial charge in [0.2, 0.25) is 0 Å². The monoisotopic (exact) mass is 1080 g/mol. The molecule has 0 atom stereocenters. The van der Waals surface area contributed by atoms with E-state index in [-0.39, 0.29) is 31.9 Å². The van der Waals surface area contributed by atoms with Gasteiger partial charge in [0, 0.05) is 58.5 Å². The summed E-state index contributed by atoms with van der Waals surface area (Å²) in [5, 5.41) is 2.06. The molecule has 0 aliphatic carbocycles. The van der Waals surface area contributed by atoms with Crippen LogP contribution in [0.25, 0.3) is 78.2 Å².